The first-order valence-electron chi connectivity index (χ1n) is 9.09. The molecule has 2 heterocycles. The molecule has 1 saturated heterocycles. The molecule has 1 aliphatic heterocycles. The van der Waals surface area contributed by atoms with E-state index in [0.717, 1.165) is 0 Å². The van der Waals surface area contributed by atoms with Gasteiger partial charge in [0.25, 0.3) is 0 Å². The van der Waals surface area contributed by atoms with Crippen LogP contribution in [0.4, 0.5) is 0 Å². The maximum absolute atomic E-state index is 11.1. The van der Waals surface area contributed by atoms with E-state index >= 15 is 0 Å². The van der Waals surface area contributed by atoms with Gasteiger partial charge in [-0.3, -0.25) is 4.79 Å². The van der Waals surface area contributed by atoms with Crippen molar-refractivity contribution < 1.29 is 28.9 Å². The molecule has 0 radical (unpaired) electrons. The number of nitrogens with zero attached hydrogens (tertiary/aromatic N) is 4. The number of oxime groups is 1. The maximum Gasteiger partial charge on any atom is 0.309 e. The van der Waals surface area contributed by atoms with Gasteiger partial charge in [-0.25, -0.2) is 4.68 Å². The highest BCUT2D eigenvalue weighted by atomic mass is 16.6. The summed E-state index contributed by atoms with van der Waals surface area (Å²) in [6, 6.07) is -0.243. The summed E-state index contributed by atoms with van der Waals surface area (Å²) in [4.78, 5) is 16.6. The zero-order valence-electron chi connectivity index (χ0n) is 16.6. The zero-order valence-corrected chi connectivity index (χ0v) is 16.6. The highest BCUT2D eigenvalue weighted by Gasteiger charge is 2.29. The molecule has 10 nitrogen and oxygen atoms in total. The number of esters is 1. The van der Waals surface area contributed by atoms with E-state index in [4.69, 9.17) is 14.3 Å². The summed E-state index contributed by atoms with van der Waals surface area (Å²) < 4.78 is 16.8. The smallest absolute Gasteiger partial charge is 0.309 e. The van der Waals surface area contributed by atoms with Crippen LogP contribution in [-0.2, 0) is 23.8 Å². The van der Waals surface area contributed by atoms with Crippen molar-refractivity contribution in [2.45, 2.75) is 44.6 Å². The molecule has 2 rings (SSSR count). The Hall–Kier alpha value is -2.30. The van der Waals surface area contributed by atoms with Gasteiger partial charge in [-0.1, -0.05) is 29.4 Å². The zero-order chi connectivity index (χ0) is 20.5. The predicted octanol–water partition coefficient (Wildman–Crippen LogP) is 1.04. The number of carbonyl (C=O) groups is 1. The van der Waals surface area contributed by atoms with E-state index in [2.05, 4.69) is 20.2 Å². The average molecular weight is 396 g/mol. The lowest BCUT2D eigenvalue weighted by Crippen LogP contribution is -2.22. The Morgan fingerprint density at radius 1 is 1.46 bits per heavy atom. The SMILES string of the molecule is COC(=O)C/C=C/[C@@H](C)[C@@H](/C=N/O[C@H](C)c1cn([C@@H]2COC[C@H]2O)nn1)OC. The third-order valence-electron chi connectivity index (χ3n) is 4.47. The van der Waals surface area contributed by atoms with E-state index in [1.807, 2.05) is 13.0 Å². The number of aliphatic hydroxyl groups is 1. The van der Waals surface area contributed by atoms with Crippen molar-refractivity contribution in [2.24, 2.45) is 11.1 Å². The second kappa shape index (κ2) is 10.9. The minimum absolute atomic E-state index is 0.0120. The van der Waals surface area contributed by atoms with Crippen molar-refractivity contribution >= 4 is 12.2 Å². The van der Waals surface area contributed by atoms with Crippen molar-refractivity contribution in [2.75, 3.05) is 27.4 Å². The Morgan fingerprint density at radius 3 is 2.89 bits per heavy atom. The standard InChI is InChI=1S/C18H28N4O6/c1-12(6-5-7-18(24)26-4)17(25-3)8-19-28-13(2)14-9-22(21-20-14)15-10-27-11-16(15)23/h5-6,8-9,12-13,15-17,23H,7,10-11H2,1-4H3/b6-5+,19-8+/t12-,13-,15-,16-,17-/m1/s1. The van der Waals surface area contributed by atoms with Crippen LogP contribution in [0, 0.1) is 5.92 Å². The van der Waals surface area contributed by atoms with Crippen LogP contribution in [0.25, 0.3) is 0 Å². The molecule has 5 atom stereocenters. The van der Waals surface area contributed by atoms with E-state index in [0.29, 0.717) is 18.9 Å². The fourth-order valence-corrected chi connectivity index (χ4v) is 2.65. The van der Waals surface area contributed by atoms with E-state index in [1.54, 1.807) is 37.2 Å². The molecule has 10 heteroatoms. The van der Waals surface area contributed by atoms with Crippen LogP contribution >= 0.6 is 0 Å². The fourth-order valence-electron chi connectivity index (χ4n) is 2.65. The van der Waals surface area contributed by atoms with Crippen molar-refractivity contribution in [1.82, 2.24) is 15.0 Å². The maximum atomic E-state index is 11.1. The van der Waals surface area contributed by atoms with Gasteiger partial charge in [0.1, 0.15) is 23.9 Å². The Kier molecular flexibility index (Phi) is 8.55. The third-order valence-corrected chi connectivity index (χ3v) is 4.47. The van der Waals surface area contributed by atoms with Gasteiger partial charge in [0.15, 0.2) is 6.10 Å². The third kappa shape index (κ3) is 6.11. The lowest BCUT2D eigenvalue weighted by Gasteiger charge is -2.15. The second-order valence-electron chi connectivity index (χ2n) is 6.57. The number of hydrogen-bond donors (Lipinski definition) is 1. The lowest BCUT2D eigenvalue weighted by atomic mass is 10.0. The van der Waals surface area contributed by atoms with Crippen LogP contribution in [0.3, 0.4) is 0 Å². The molecule has 0 saturated carbocycles. The monoisotopic (exact) mass is 396 g/mol. The predicted molar refractivity (Wildman–Crippen MR) is 99.6 cm³/mol. The molecular weight excluding hydrogens is 368 g/mol. The Balaban J connectivity index is 1.86. The van der Waals surface area contributed by atoms with E-state index in [-0.39, 0.29) is 30.5 Å². The molecule has 1 aromatic heterocycles. The molecule has 0 spiro atoms. The van der Waals surface area contributed by atoms with Gasteiger partial charge in [-0.15, -0.1) is 5.10 Å². The number of ether oxygens (including phenoxy) is 3. The second-order valence-corrected chi connectivity index (χ2v) is 6.57. The van der Waals surface area contributed by atoms with Gasteiger partial charge in [-0.2, -0.15) is 0 Å². The van der Waals surface area contributed by atoms with Crippen molar-refractivity contribution in [1.29, 1.82) is 0 Å². The Labute approximate surface area is 164 Å². The molecule has 0 amide bonds. The summed E-state index contributed by atoms with van der Waals surface area (Å²) in [7, 11) is 2.93. The summed E-state index contributed by atoms with van der Waals surface area (Å²) in [5, 5.41) is 22.0. The first-order valence-corrected chi connectivity index (χ1v) is 9.09. The number of methoxy groups -OCH3 is 2. The van der Waals surface area contributed by atoms with E-state index < -0.39 is 12.2 Å². The average Bonchev–Trinajstić information content (AvgIpc) is 3.33. The summed E-state index contributed by atoms with van der Waals surface area (Å²) in [5.74, 6) is -0.310. The van der Waals surface area contributed by atoms with Crippen molar-refractivity contribution in [3.8, 4) is 0 Å². The largest absolute Gasteiger partial charge is 0.469 e. The van der Waals surface area contributed by atoms with Crippen molar-refractivity contribution in [3.63, 3.8) is 0 Å². The minimum atomic E-state index is -0.597. The molecular formula is C18H28N4O6. The van der Waals surface area contributed by atoms with Gasteiger partial charge in [0.2, 0.25) is 0 Å². The molecule has 0 bridgehead atoms. The summed E-state index contributed by atoms with van der Waals surface area (Å²) in [6.45, 7) is 4.43. The first kappa shape index (κ1) is 22.0. The van der Waals surface area contributed by atoms with Crippen LogP contribution in [0.2, 0.25) is 0 Å². The normalized spacial score (nSPS) is 23.2. The highest BCUT2D eigenvalue weighted by molar-refractivity contribution is 5.71. The summed E-state index contributed by atoms with van der Waals surface area (Å²) in [5.41, 5.74) is 0.594. The first-order chi connectivity index (χ1) is 13.5. The quantitative estimate of drug-likeness (QED) is 0.270. The van der Waals surface area contributed by atoms with Gasteiger partial charge in [0.05, 0.1) is 39.2 Å². The van der Waals surface area contributed by atoms with E-state index in [9.17, 15) is 9.90 Å². The molecule has 0 unspecified atom stereocenters. The highest BCUT2D eigenvalue weighted by Crippen LogP contribution is 2.21. The van der Waals surface area contributed by atoms with Crippen LogP contribution in [0.5, 0.6) is 0 Å². The molecule has 0 aliphatic carbocycles. The molecule has 1 aliphatic rings. The summed E-state index contributed by atoms with van der Waals surface area (Å²) >= 11 is 0. The Bertz CT molecular complexity index is 677. The van der Waals surface area contributed by atoms with Gasteiger partial charge in [0, 0.05) is 13.0 Å². The molecule has 1 fully saturated rings. The molecule has 1 aromatic rings. The molecule has 28 heavy (non-hydrogen) atoms. The molecule has 1 N–H and O–H groups in total. The number of aliphatic hydroxyl groups excluding tert-OH is 1. The van der Waals surface area contributed by atoms with Crippen molar-refractivity contribution in [3.05, 3.63) is 24.0 Å². The number of carbonyl (C=O) groups excluding carboxylic acids is 1. The van der Waals surface area contributed by atoms with Crippen LogP contribution in [0.15, 0.2) is 23.5 Å². The van der Waals surface area contributed by atoms with Crippen LogP contribution in [-0.4, -0.2) is 71.9 Å². The number of rotatable bonds is 10. The van der Waals surface area contributed by atoms with Gasteiger partial charge < -0.3 is 24.2 Å². The molecule has 156 valence electrons. The fraction of sp³-hybridized carbons (Fsp3) is 0.667. The summed E-state index contributed by atoms with van der Waals surface area (Å²) in [6.07, 6.45) is 5.74. The van der Waals surface area contributed by atoms with Gasteiger partial charge in [-0.05, 0) is 6.92 Å². The topological polar surface area (TPSA) is 117 Å². The van der Waals surface area contributed by atoms with Crippen LogP contribution < -0.4 is 0 Å². The number of aromatic nitrogens is 3. The Morgan fingerprint density at radius 2 is 2.25 bits per heavy atom. The van der Waals surface area contributed by atoms with Gasteiger partial charge >= 0.3 is 5.97 Å². The number of hydrogen-bond acceptors (Lipinski definition) is 9. The minimum Gasteiger partial charge on any atom is -0.469 e. The molecule has 0 aromatic carbocycles. The lowest BCUT2D eigenvalue weighted by molar-refractivity contribution is -0.139. The van der Waals surface area contributed by atoms with E-state index in [1.165, 1.54) is 7.11 Å². The van der Waals surface area contributed by atoms with Crippen LogP contribution in [0.1, 0.15) is 38.1 Å².